The predicted molar refractivity (Wildman–Crippen MR) is 49.7 cm³/mol. The van der Waals surface area contributed by atoms with Crippen LogP contribution in [0.15, 0.2) is 0 Å². The molecule has 8 unspecified atom stereocenters. The Morgan fingerprint density at radius 1 is 1.27 bits per heavy atom. The van der Waals surface area contributed by atoms with Crippen molar-refractivity contribution in [2.24, 2.45) is 29.6 Å². The zero-order valence-electron chi connectivity index (χ0n) is 5.52. The number of hydrogen-bond acceptors (Lipinski definition) is 0. The molecule has 0 aromatic heterocycles. The van der Waals surface area contributed by atoms with Crippen molar-refractivity contribution in [3.05, 3.63) is 0 Å². The Labute approximate surface area is 85.6 Å². The van der Waals surface area contributed by atoms with Crippen molar-refractivity contribution in [2.75, 3.05) is 0 Å². The van der Waals surface area contributed by atoms with Crippen molar-refractivity contribution in [1.82, 2.24) is 0 Å². The molecule has 0 aromatic rings. The second kappa shape index (κ2) is 0.983. The Morgan fingerprint density at radius 3 is 2.36 bits per heavy atom. The van der Waals surface area contributed by atoms with Gasteiger partial charge in [-0.05, 0) is 11.8 Å². The molecule has 6 aliphatic carbocycles. The van der Waals surface area contributed by atoms with E-state index < -0.39 is 5.67 Å². The van der Waals surface area contributed by atoms with Crippen molar-refractivity contribution >= 4 is 38.5 Å². The average molecular weight is 327 g/mol. The molecular weight excluding hydrogens is 322 g/mol. The normalized spacial score (nSPS) is 102. The topological polar surface area (TPSA) is 0 Å². The van der Waals surface area contributed by atoms with E-state index in [1.54, 1.807) is 0 Å². The van der Waals surface area contributed by atoms with Crippen LogP contribution in [0, 0.1) is 29.6 Å². The maximum absolute atomic E-state index is 13.9. The summed E-state index contributed by atoms with van der Waals surface area (Å²) in [4.78, 5) is 0. The molecule has 11 heavy (non-hydrogen) atoms. The first-order valence-corrected chi connectivity index (χ1v) is 6.04. The molecule has 0 N–H and O–H groups in total. The van der Waals surface area contributed by atoms with Gasteiger partial charge in [0.25, 0.3) is 0 Å². The van der Waals surface area contributed by atoms with Gasteiger partial charge in [0.05, 0.1) is 0 Å². The molecule has 6 fully saturated rings. The van der Waals surface area contributed by atoms with E-state index in [9.17, 15) is 4.39 Å². The zero-order valence-corrected chi connectivity index (χ0v) is 9.26. The lowest BCUT2D eigenvalue weighted by Crippen LogP contribution is -3.18. The highest BCUT2D eigenvalue weighted by Gasteiger charge is 3.16. The van der Waals surface area contributed by atoms with Gasteiger partial charge in [-0.15, -0.1) is 0 Å². The molecule has 0 amide bonds. The summed E-state index contributed by atoms with van der Waals surface area (Å²) in [7, 11) is 0. The van der Waals surface area contributed by atoms with Gasteiger partial charge < -0.3 is 0 Å². The number of hydrogen-bond donors (Lipinski definition) is 0. The van der Waals surface area contributed by atoms with E-state index in [0.29, 0.717) is 25.5 Å². The Balaban J connectivity index is 1.87. The van der Waals surface area contributed by atoms with Crippen LogP contribution in [0.25, 0.3) is 0 Å². The van der Waals surface area contributed by atoms with Crippen LogP contribution in [0.3, 0.4) is 0 Å². The fourth-order valence-corrected chi connectivity index (χ4v) is 11.1. The van der Waals surface area contributed by atoms with Crippen LogP contribution in [0.2, 0.25) is 0 Å². The Morgan fingerprint density at radius 2 is 2.00 bits per heavy atom. The quantitative estimate of drug-likeness (QED) is 0.473. The summed E-state index contributed by atoms with van der Waals surface area (Å²) in [5.41, 5.74) is -0.663. The van der Waals surface area contributed by atoms with Crippen molar-refractivity contribution in [2.45, 2.75) is 13.4 Å². The molecule has 0 aliphatic heterocycles. The Kier molecular flexibility index (Phi) is 0.517. The third kappa shape index (κ3) is 0.206. The van der Waals surface area contributed by atoms with Crippen LogP contribution >= 0.6 is 38.5 Å². The minimum absolute atomic E-state index is 0.322. The summed E-state index contributed by atoms with van der Waals surface area (Å²) in [6.07, 6.45) is 0. The molecule has 58 valence electrons. The molecule has 8 atom stereocenters. The minimum atomic E-state index is -0.663. The highest BCUT2D eigenvalue weighted by Crippen LogP contribution is 3.09. The van der Waals surface area contributed by atoms with E-state index >= 15 is 0 Å². The van der Waals surface area contributed by atoms with Gasteiger partial charge in [0.15, 0.2) is 0 Å². The fraction of sp³-hybridized carbons (Fsp3) is 1.00. The molecule has 0 saturated heterocycles. The summed E-state index contributed by atoms with van der Waals surface area (Å²) in [5, 5.41) is 0. The lowest BCUT2D eigenvalue weighted by Gasteiger charge is -3.10. The van der Waals surface area contributed by atoms with Crippen LogP contribution in [-0.2, 0) is 0 Å². The van der Waals surface area contributed by atoms with Gasteiger partial charge in [0.1, 0.15) is 5.67 Å². The molecule has 6 aliphatic rings. The SMILES string of the molecule is FC12C3C4C1C1(I)C4C3(Br)C21. The van der Waals surface area contributed by atoms with E-state index in [-0.39, 0.29) is 0 Å². The minimum Gasteiger partial charge on any atom is -0.243 e. The second-order valence-electron chi connectivity index (χ2n) is 4.93. The Bertz CT molecular complexity index is 277. The smallest absolute Gasteiger partial charge is 0.125 e. The summed E-state index contributed by atoms with van der Waals surface area (Å²) < 4.78 is 14.6. The summed E-state index contributed by atoms with van der Waals surface area (Å²) in [6.45, 7) is 0. The maximum Gasteiger partial charge on any atom is 0.125 e. The highest BCUT2D eigenvalue weighted by molar-refractivity contribution is 14.1. The lowest BCUT2D eigenvalue weighted by molar-refractivity contribution is -0.558. The molecule has 3 heteroatoms. The summed E-state index contributed by atoms with van der Waals surface area (Å²) in [5.74, 6) is 3.03. The maximum atomic E-state index is 13.9. The molecule has 0 radical (unpaired) electrons. The summed E-state index contributed by atoms with van der Waals surface area (Å²) in [6, 6.07) is 0. The van der Waals surface area contributed by atoms with Gasteiger partial charge in [0.2, 0.25) is 0 Å². The molecule has 0 spiro atoms. The van der Waals surface area contributed by atoms with Gasteiger partial charge in [-0.1, -0.05) is 38.5 Å². The Hall–Kier alpha value is 1.14. The zero-order chi connectivity index (χ0) is 7.39. The fourth-order valence-electron chi connectivity index (χ4n) is 5.39. The molecule has 0 aromatic carbocycles. The first-order valence-electron chi connectivity index (χ1n) is 4.17. The van der Waals surface area contributed by atoms with Gasteiger partial charge in [-0.2, -0.15) is 0 Å². The first-order chi connectivity index (χ1) is 5.10. The highest BCUT2D eigenvalue weighted by atomic mass is 127. The van der Waals surface area contributed by atoms with Gasteiger partial charge in [-0.25, -0.2) is 4.39 Å². The van der Waals surface area contributed by atoms with Crippen LogP contribution in [0.5, 0.6) is 0 Å². The third-order valence-electron chi connectivity index (χ3n) is 5.34. The molecule has 0 bridgehead atoms. The largest absolute Gasteiger partial charge is 0.243 e. The molecule has 0 heterocycles. The molecule has 6 saturated carbocycles. The molecule has 6 rings (SSSR count). The van der Waals surface area contributed by atoms with Crippen LogP contribution in [0.4, 0.5) is 4.39 Å². The van der Waals surface area contributed by atoms with E-state index in [1.165, 1.54) is 0 Å². The van der Waals surface area contributed by atoms with Crippen molar-refractivity contribution in [3.8, 4) is 0 Å². The van der Waals surface area contributed by atoms with Gasteiger partial charge >= 0.3 is 0 Å². The van der Waals surface area contributed by atoms with E-state index in [4.69, 9.17) is 0 Å². The molecular formula is C8H5BrFI. The van der Waals surface area contributed by atoms with E-state index in [2.05, 4.69) is 38.5 Å². The second-order valence-corrected chi connectivity index (χ2v) is 8.17. The number of halogens is 3. The summed E-state index contributed by atoms with van der Waals surface area (Å²) >= 11 is 6.27. The molecule has 0 nitrogen and oxygen atoms in total. The van der Waals surface area contributed by atoms with Crippen LogP contribution in [0.1, 0.15) is 0 Å². The van der Waals surface area contributed by atoms with Gasteiger partial charge in [0, 0.05) is 25.5 Å². The predicted octanol–water partition coefficient (Wildman–Crippen LogP) is 2.15. The monoisotopic (exact) mass is 326 g/mol. The standard InChI is InChI=1S/C8H5BrFI/c9-6-2-1-3(6)8(11)4(1)7(2,10)5(6)8/h1-5H. The van der Waals surface area contributed by atoms with Crippen molar-refractivity contribution in [3.63, 3.8) is 0 Å². The van der Waals surface area contributed by atoms with Gasteiger partial charge in [-0.3, -0.25) is 0 Å². The van der Waals surface area contributed by atoms with Crippen LogP contribution < -0.4 is 0 Å². The number of rotatable bonds is 0. The van der Waals surface area contributed by atoms with Crippen molar-refractivity contribution < 1.29 is 4.39 Å². The number of alkyl halides is 3. The van der Waals surface area contributed by atoms with E-state index in [1.807, 2.05) is 0 Å². The first kappa shape index (κ1) is 5.78. The third-order valence-corrected chi connectivity index (χ3v) is 8.75. The van der Waals surface area contributed by atoms with E-state index in [0.717, 1.165) is 11.8 Å². The van der Waals surface area contributed by atoms with Crippen LogP contribution in [-0.4, -0.2) is 13.4 Å². The average Bonchev–Trinajstić information content (AvgIpc) is 1.82. The lowest BCUT2D eigenvalue weighted by atomic mass is 9.00. The van der Waals surface area contributed by atoms with Crippen molar-refractivity contribution in [1.29, 1.82) is 0 Å².